The molecule has 1 aromatic carbocycles. The predicted octanol–water partition coefficient (Wildman–Crippen LogP) is 2.65. The maximum atomic E-state index is 12.5. The Labute approximate surface area is 138 Å². The molecule has 5 nitrogen and oxygen atoms in total. The van der Waals surface area contributed by atoms with Crippen LogP contribution >= 0.6 is 12.4 Å². The van der Waals surface area contributed by atoms with Gasteiger partial charge in [-0.1, -0.05) is 12.2 Å². The fraction of sp³-hybridized carbons (Fsp3) is 0.286. The first-order valence-corrected chi connectivity index (χ1v) is 6.62. The number of hydrogen-bond donors (Lipinski definition) is 2. The molecule has 0 radical (unpaired) electrons. The topological polar surface area (TPSA) is 80.0 Å². The van der Waals surface area contributed by atoms with Crippen LogP contribution in [0.4, 0.5) is 18.9 Å². The highest BCUT2D eigenvalue weighted by Gasteiger charge is 2.29. The lowest BCUT2D eigenvalue weighted by Crippen LogP contribution is -2.40. The van der Waals surface area contributed by atoms with Crippen LogP contribution in [-0.2, 0) is 6.18 Å². The normalized spacial score (nSPS) is 16.2. The first-order chi connectivity index (χ1) is 10.4. The lowest BCUT2D eigenvalue weighted by molar-refractivity contribution is -0.137. The number of guanidine groups is 2. The molecular formula is C14H17ClF3N5. The van der Waals surface area contributed by atoms with Crippen molar-refractivity contribution in [2.75, 3.05) is 13.1 Å². The summed E-state index contributed by atoms with van der Waals surface area (Å²) in [5, 5.41) is 0. The van der Waals surface area contributed by atoms with Crippen LogP contribution in [0, 0.1) is 0 Å². The molecule has 126 valence electrons. The highest BCUT2D eigenvalue weighted by Crippen LogP contribution is 2.30. The minimum atomic E-state index is -4.38. The van der Waals surface area contributed by atoms with Crippen molar-refractivity contribution in [1.82, 2.24) is 4.90 Å². The average Bonchev–Trinajstić information content (AvgIpc) is 2.47. The maximum absolute atomic E-state index is 12.5. The second-order valence-electron chi connectivity index (χ2n) is 4.69. The zero-order chi connectivity index (χ0) is 16.2. The summed E-state index contributed by atoms with van der Waals surface area (Å²) >= 11 is 0. The highest BCUT2D eigenvalue weighted by molar-refractivity contribution is 5.94. The molecule has 0 unspecified atom stereocenters. The molecule has 9 heteroatoms. The van der Waals surface area contributed by atoms with Crippen molar-refractivity contribution < 1.29 is 13.2 Å². The van der Waals surface area contributed by atoms with Crippen molar-refractivity contribution in [3.63, 3.8) is 0 Å². The molecule has 0 fully saturated rings. The second kappa shape index (κ2) is 7.87. The Morgan fingerprint density at radius 1 is 1.09 bits per heavy atom. The van der Waals surface area contributed by atoms with Gasteiger partial charge in [0.05, 0.1) is 11.3 Å². The quantitative estimate of drug-likeness (QED) is 0.465. The van der Waals surface area contributed by atoms with E-state index in [0.717, 1.165) is 25.1 Å². The van der Waals surface area contributed by atoms with Crippen molar-refractivity contribution in [3.8, 4) is 0 Å². The highest BCUT2D eigenvalue weighted by atomic mass is 35.5. The molecule has 1 aliphatic rings. The van der Waals surface area contributed by atoms with Gasteiger partial charge in [0.1, 0.15) is 0 Å². The summed E-state index contributed by atoms with van der Waals surface area (Å²) in [4.78, 5) is 9.72. The Hall–Kier alpha value is -2.22. The van der Waals surface area contributed by atoms with Crippen LogP contribution in [0.1, 0.15) is 12.0 Å². The van der Waals surface area contributed by atoms with Gasteiger partial charge in [-0.2, -0.15) is 18.2 Å². The molecular weight excluding hydrogens is 331 g/mol. The summed E-state index contributed by atoms with van der Waals surface area (Å²) in [5.41, 5.74) is 11.0. The van der Waals surface area contributed by atoms with Gasteiger partial charge < -0.3 is 16.4 Å². The van der Waals surface area contributed by atoms with E-state index in [9.17, 15) is 13.2 Å². The third-order valence-corrected chi connectivity index (χ3v) is 3.05. The minimum absolute atomic E-state index is 0. The van der Waals surface area contributed by atoms with Crippen LogP contribution in [0.15, 0.2) is 46.4 Å². The Morgan fingerprint density at radius 2 is 1.74 bits per heavy atom. The van der Waals surface area contributed by atoms with Crippen molar-refractivity contribution >= 4 is 30.0 Å². The zero-order valence-corrected chi connectivity index (χ0v) is 12.9. The van der Waals surface area contributed by atoms with Gasteiger partial charge in [-0.25, -0.2) is 4.99 Å². The van der Waals surface area contributed by atoms with E-state index in [1.165, 1.54) is 12.1 Å². The summed E-state index contributed by atoms with van der Waals surface area (Å²) in [6, 6.07) is 4.33. The van der Waals surface area contributed by atoms with E-state index in [1.807, 2.05) is 17.1 Å². The molecule has 4 N–H and O–H groups in total. The molecule has 1 aromatic rings. The Bertz CT molecular complexity index is 608. The van der Waals surface area contributed by atoms with Gasteiger partial charge in [-0.05, 0) is 30.7 Å². The molecule has 23 heavy (non-hydrogen) atoms. The van der Waals surface area contributed by atoms with Crippen LogP contribution in [-0.4, -0.2) is 29.9 Å². The van der Waals surface area contributed by atoms with E-state index < -0.39 is 11.7 Å². The summed E-state index contributed by atoms with van der Waals surface area (Å²) < 4.78 is 37.4. The molecule has 2 rings (SSSR count). The molecule has 0 bridgehead atoms. The second-order valence-corrected chi connectivity index (χ2v) is 4.69. The zero-order valence-electron chi connectivity index (χ0n) is 12.1. The number of nitrogens with two attached hydrogens (primary N) is 2. The third kappa shape index (κ3) is 5.48. The molecule has 0 saturated heterocycles. The van der Waals surface area contributed by atoms with Gasteiger partial charge in [0.15, 0.2) is 5.96 Å². The van der Waals surface area contributed by atoms with Gasteiger partial charge in [-0.15, -0.1) is 12.4 Å². The van der Waals surface area contributed by atoms with Gasteiger partial charge in [0.2, 0.25) is 5.96 Å². The fourth-order valence-electron chi connectivity index (χ4n) is 1.92. The number of aliphatic imine (C=N–C) groups is 2. The van der Waals surface area contributed by atoms with Gasteiger partial charge in [-0.3, -0.25) is 0 Å². The Kier molecular flexibility index (Phi) is 6.44. The average molecular weight is 348 g/mol. The Morgan fingerprint density at radius 3 is 2.26 bits per heavy atom. The van der Waals surface area contributed by atoms with E-state index in [4.69, 9.17) is 11.5 Å². The van der Waals surface area contributed by atoms with E-state index in [2.05, 4.69) is 9.98 Å². The van der Waals surface area contributed by atoms with Gasteiger partial charge in [0, 0.05) is 13.1 Å². The maximum Gasteiger partial charge on any atom is 0.416 e. The van der Waals surface area contributed by atoms with E-state index in [0.29, 0.717) is 6.54 Å². The van der Waals surface area contributed by atoms with Crippen LogP contribution in [0.25, 0.3) is 0 Å². The minimum Gasteiger partial charge on any atom is -0.369 e. The lowest BCUT2D eigenvalue weighted by atomic mass is 10.2. The first-order valence-electron chi connectivity index (χ1n) is 6.62. The number of hydrogen-bond acceptors (Lipinski definition) is 1. The van der Waals surface area contributed by atoms with E-state index >= 15 is 0 Å². The third-order valence-electron chi connectivity index (χ3n) is 3.05. The van der Waals surface area contributed by atoms with E-state index in [1.54, 1.807) is 0 Å². The molecule has 0 amide bonds. The SMILES string of the molecule is Cl.NC(=Nc1ccc(C(F)(F)F)cc1)N=C(N)N1CC=CCC1. The molecule has 1 heterocycles. The smallest absolute Gasteiger partial charge is 0.369 e. The van der Waals surface area contributed by atoms with Gasteiger partial charge >= 0.3 is 6.18 Å². The summed E-state index contributed by atoms with van der Waals surface area (Å²) in [6.07, 6.45) is 0.503. The van der Waals surface area contributed by atoms with Gasteiger partial charge in [0.25, 0.3) is 0 Å². The Balaban J connectivity index is 0.00000264. The first kappa shape index (κ1) is 18.8. The van der Waals surface area contributed by atoms with Crippen molar-refractivity contribution in [3.05, 3.63) is 42.0 Å². The van der Waals surface area contributed by atoms with Crippen LogP contribution in [0.3, 0.4) is 0 Å². The van der Waals surface area contributed by atoms with Crippen molar-refractivity contribution in [2.24, 2.45) is 21.5 Å². The summed E-state index contributed by atoms with van der Waals surface area (Å²) in [7, 11) is 0. The molecule has 0 spiro atoms. The predicted molar refractivity (Wildman–Crippen MR) is 86.9 cm³/mol. The van der Waals surface area contributed by atoms with E-state index in [-0.39, 0.29) is 30.0 Å². The van der Waals surface area contributed by atoms with Crippen LogP contribution in [0.2, 0.25) is 0 Å². The van der Waals surface area contributed by atoms with Crippen LogP contribution in [0.5, 0.6) is 0 Å². The molecule has 0 saturated carbocycles. The monoisotopic (exact) mass is 347 g/mol. The number of alkyl halides is 3. The van der Waals surface area contributed by atoms with Crippen LogP contribution < -0.4 is 11.5 Å². The van der Waals surface area contributed by atoms with Crippen molar-refractivity contribution in [1.29, 1.82) is 0 Å². The largest absolute Gasteiger partial charge is 0.416 e. The molecule has 1 aliphatic heterocycles. The number of benzene rings is 1. The number of rotatable bonds is 1. The molecule has 0 atom stereocenters. The number of nitrogens with zero attached hydrogens (tertiary/aromatic N) is 3. The summed E-state index contributed by atoms with van der Waals surface area (Å²) in [6.45, 7) is 1.38. The summed E-state index contributed by atoms with van der Waals surface area (Å²) in [5.74, 6) is 0.129. The van der Waals surface area contributed by atoms with Crippen molar-refractivity contribution in [2.45, 2.75) is 12.6 Å². The lowest BCUT2D eigenvalue weighted by Gasteiger charge is -2.23. The fourth-order valence-corrected chi connectivity index (χ4v) is 1.92. The molecule has 0 aliphatic carbocycles. The molecule has 0 aromatic heterocycles. The standard InChI is InChI=1S/C14H16F3N5.ClH/c15-14(16,17)10-4-6-11(7-5-10)20-12(18)21-13(19)22-8-2-1-3-9-22;/h1-2,4-7H,3,8-9H2,(H4,18,19,20,21);1H. The number of halogens is 4.